The Bertz CT molecular complexity index is 1460. The average Bonchev–Trinajstić information content (AvgIpc) is 3.36. The lowest BCUT2D eigenvalue weighted by molar-refractivity contribution is -0.135. The minimum Gasteiger partial charge on any atom is -0.395 e. The van der Waals surface area contributed by atoms with E-state index in [0.29, 0.717) is 42.5 Å². The molecule has 1 saturated heterocycles. The normalized spacial score (nSPS) is 16.2. The number of nitrogens with zero attached hydrogens (tertiary/aromatic N) is 2. The lowest BCUT2D eigenvalue weighted by Gasteiger charge is -2.38. The molecule has 2 amide bonds. The number of hydrogen-bond acceptors (Lipinski definition) is 7. The fourth-order valence-electron chi connectivity index (χ4n) is 4.81. The minimum absolute atomic E-state index is 0.00999. The van der Waals surface area contributed by atoms with Crippen LogP contribution in [0.4, 0.5) is 0 Å². The Kier molecular flexibility index (Phi) is 10.7. The van der Waals surface area contributed by atoms with Crippen molar-refractivity contribution >= 4 is 66.5 Å². The zero-order valence-corrected chi connectivity index (χ0v) is 26.0. The summed E-state index contributed by atoms with van der Waals surface area (Å²) in [6.45, 7) is 5.67. The second-order valence-electron chi connectivity index (χ2n) is 10.5. The van der Waals surface area contributed by atoms with E-state index >= 15 is 0 Å². The molecular weight excluding hydrogens is 607 g/mol. The van der Waals surface area contributed by atoms with Crippen molar-refractivity contribution in [2.45, 2.75) is 37.2 Å². The first kappa shape index (κ1) is 31.7. The molecule has 4 rings (SSSR count). The third kappa shape index (κ3) is 8.19. The van der Waals surface area contributed by atoms with Crippen LogP contribution in [0.5, 0.6) is 0 Å². The molecule has 3 aromatic rings. The first-order chi connectivity index (χ1) is 19.5. The summed E-state index contributed by atoms with van der Waals surface area (Å²) >= 11 is 13.4. The summed E-state index contributed by atoms with van der Waals surface area (Å²) in [4.78, 5) is 30.8. The highest BCUT2D eigenvalue weighted by Crippen LogP contribution is 2.26. The number of benzene rings is 2. The molecule has 2 aromatic carbocycles. The summed E-state index contributed by atoms with van der Waals surface area (Å²) in [5, 5.41) is 14.1. The van der Waals surface area contributed by atoms with E-state index in [0.717, 1.165) is 10.1 Å². The zero-order chi connectivity index (χ0) is 29.7. The largest absolute Gasteiger partial charge is 0.395 e. The summed E-state index contributed by atoms with van der Waals surface area (Å²) < 4.78 is 29.3. The van der Waals surface area contributed by atoms with Gasteiger partial charge in [-0.05, 0) is 48.1 Å². The lowest BCUT2D eigenvalue weighted by Crippen LogP contribution is -2.57. The summed E-state index contributed by atoms with van der Waals surface area (Å²) in [6, 6.07) is 12.3. The molecule has 1 fully saturated rings. The Morgan fingerprint density at radius 2 is 1.76 bits per heavy atom. The van der Waals surface area contributed by atoms with Crippen LogP contribution < -0.4 is 10.0 Å². The molecule has 0 spiro atoms. The predicted molar refractivity (Wildman–Crippen MR) is 163 cm³/mol. The van der Waals surface area contributed by atoms with Crippen LogP contribution in [0.25, 0.3) is 10.1 Å². The van der Waals surface area contributed by atoms with Gasteiger partial charge >= 0.3 is 0 Å². The van der Waals surface area contributed by atoms with Crippen molar-refractivity contribution in [1.82, 2.24) is 19.8 Å². The maximum absolute atomic E-state index is 13.5. The van der Waals surface area contributed by atoms with E-state index in [-0.39, 0.29) is 34.2 Å². The van der Waals surface area contributed by atoms with Crippen LogP contribution in [0.1, 0.15) is 29.9 Å². The Morgan fingerprint density at radius 1 is 1.05 bits per heavy atom. The lowest BCUT2D eigenvalue weighted by atomic mass is 10.0. The van der Waals surface area contributed by atoms with Crippen LogP contribution in [0, 0.1) is 5.92 Å². The Labute approximate surface area is 254 Å². The van der Waals surface area contributed by atoms with Gasteiger partial charge < -0.3 is 15.3 Å². The molecule has 3 N–H and O–H groups in total. The number of hydrogen-bond donors (Lipinski definition) is 3. The maximum Gasteiger partial charge on any atom is 0.262 e. The van der Waals surface area contributed by atoms with Gasteiger partial charge in [0.05, 0.1) is 22.5 Å². The number of carbonyl (C=O) groups excluding carboxylic acids is 2. The number of rotatable bonds is 11. The van der Waals surface area contributed by atoms with Crippen LogP contribution in [-0.4, -0.2) is 86.6 Å². The molecule has 0 radical (unpaired) electrons. The minimum atomic E-state index is -3.99. The van der Waals surface area contributed by atoms with Crippen molar-refractivity contribution in [2.75, 3.05) is 39.3 Å². The number of halogens is 2. The van der Waals surface area contributed by atoms with Gasteiger partial charge in [0.25, 0.3) is 5.91 Å². The molecule has 9 nitrogen and oxygen atoms in total. The highest BCUT2D eigenvalue weighted by atomic mass is 35.5. The molecule has 0 unspecified atom stereocenters. The highest BCUT2D eigenvalue weighted by Gasteiger charge is 2.31. The number of fused-ring (bicyclic) bond motifs is 1. The van der Waals surface area contributed by atoms with E-state index < -0.39 is 28.7 Å². The van der Waals surface area contributed by atoms with Crippen molar-refractivity contribution < 1.29 is 23.1 Å². The van der Waals surface area contributed by atoms with Gasteiger partial charge in [-0.15, -0.1) is 11.3 Å². The fourth-order valence-corrected chi connectivity index (χ4v) is 7.76. The van der Waals surface area contributed by atoms with Crippen LogP contribution in [0.2, 0.25) is 10.0 Å². The number of amides is 2. The molecule has 13 heteroatoms. The first-order valence-electron chi connectivity index (χ1n) is 13.4. The molecule has 1 aliphatic rings. The standard InChI is InChI=1S/C28H34Cl2N4O5S2/c1-18(2)13-23(31-27(36)25-14-19-5-3-4-6-24(19)40-25)28(37)34-11-9-33(10-12-34)16-21(17-35)32-41(38,39)26-8-7-20(29)15-22(26)30/h3-8,14-15,18,21,23,32,35H,9-13,16-17H2,1-2H3,(H,31,36)/t21-,23+/m1/s1. The number of aliphatic hydroxyl groups excluding tert-OH is 1. The fraction of sp³-hybridized carbons (Fsp3) is 0.429. The van der Waals surface area contributed by atoms with Gasteiger partial charge in [-0.2, -0.15) is 0 Å². The van der Waals surface area contributed by atoms with Crippen LogP contribution in [0.3, 0.4) is 0 Å². The van der Waals surface area contributed by atoms with Crippen LogP contribution in [-0.2, 0) is 14.8 Å². The number of sulfonamides is 1. The van der Waals surface area contributed by atoms with E-state index in [1.54, 1.807) is 4.90 Å². The molecule has 0 aliphatic carbocycles. The smallest absolute Gasteiger partial charge is 0.262 e. The van der Waals surface area contributed by atoms with Gasteiger partial charge in [0.1, 0.15) is 10.9 Å². The monoisotopic (exact) mass is 640 g/mol. The van der Waals surface area contributed by atoms with E-state index in [1.165, 1.54) is 29.5 Å². The Morgan fingerprint density at radius 3 is 2.39 bits per heavy atom. The molecule has 2 heterocycles. The number of aliphatic hydroxyl groups is 1. The highest BCUT2D eigenvalue weighted by molar-refractivity contribution is 7.89. The van der Waals surface area contributed by atoms with Crippen molar-refractivity contribution in [3.05, 3.63) is 63.5 Å². The summed E-state index contributed by atoms with van der Waals surface area (Å²) in [5.41, 5.74) is 0. The van der Waals surface area contributed by atoms with Gasteiger partial charge in [0.2, 0.25) is 15.9 Å². The molecule has 222 valence electrons. The molecular formula is C28H34Cl2N4O5S2. The zero-order valence-electron chi connectivity index (χ0n) is 22.8. The molecule has 1 aromatic heterocycles. The second kappa shape index (κ2) is 13.8. The van der Waals surface area contributed by atoms with Gasteiger partial charge in [-0.25, -0.2) is 13.1 Å². The Hall–Kier alpha value is -2.25. The first-order valence-corrected chi connectivity index (χ1v) is 16.4. The SMILES string of the molecule is CC(C)C[C@H](NC(=O)c1cc2ccccc2s1)C(=O)N1CCN(C[C@H](CO)NS(=O)(=O)c2ccc(Cl)cc2Cl)CC1. The predicted octanol–water partition coefficient (Wildman–Crippen LogP) is 3.84. The van der Waals surface area contributed by atoms with Gasteiger partial charge in [0, 0.05) is 42.4 Å². The van der Waals surface area contributed by atoms with E-state index in [4.69, 9.17) is 23.2 Å². The average molecular weight is 642 g/mol. The summed E-state index contributed by atoms with van der Waals surface area (Å²) in [6.07, 6.45) is 0.511. The van der Waals surface area contributed by atoms with Crippen molar-refractivity contribution in [3.8, 4) is 0 Å². The number of carbonyl (C=O) groups is 2. The van der Waals surface area contributed by atoms with Crippen molar-refractivity contribution in [3.63, 3.8) is 0 Å². The molecule has 41 heavy (non-hydrogen) atoms. The van der Waals surface area contributed by atoms with Crippen LogP contribution in [0.15, 0.2) is 53.4 Å². The Balaban J connectivity index is 1.34. The molecule has 1 aliphatic heterocycles. The summed E-state index contributed by atoms with van der Waals surface area (Å²) in [7, 11) is -3.99. The third-order valence-electron chi connectivity index (χ3n) is 6.85. The third-order valence-corrected chi connectivity index (χ3v) is 10.2. The van der Waals surface area contributed by atoms with E-state index in [9.17, 15) is 23.1 Å². The van der Waals surface area contributed by atoms with Crippen LogP contribution >= 0.6 is 34.5 Å². The molecule has 2 atom stereocenters. The van der Waals surface area contributed by atoms with E-state index in [1.807, 2.05) is 49.1 Å². The van der Waals surface area contributed by atoms with Gasteiger partial charge in [-0.1, -0.05) is 55.2 Å². The van der Waals surface area contributed by atoms with Crippen molar-refractivity contribution in [1.29, 1.82) is 0 Å². The second-order valence-corrected chi connectivity index (χ2v) is 14.1. The molecule has 0 saturated carbocycles. The van der Waals surface area contributed by atoms with Gasteiger partial charge in [-0.3, -0.25) is 14.5 Å². The molecule has 0 bridgehead atoms. The topological polar surface area (TPSA) is 119 Å². The quantitative estimate of drug-likeness (QED) is 0.293. The van der Waals surface area contributed by atoms with Gasteiger partial charge in [0.15, 0.2) is 0 Å². The number of nitrogens with one attached hydrogen (secondary N) is 2. The summed E-state index contributed by atoms with van der Waals surface area (Å²) in [5.74, 6) is -0.201. The number of piperazine rings is 1. The van der Waals surface area contributed by atoms with Crippen molar-refractivity contribution in [2.24, 2.45) is 5.92 Å². The number of thiophene rings is 1. The maximum atomic E-state index is 13.5. The van der Waals surface area contributed by atoms with E-state index in [2.05, 4.69) is 10.0 Å².